The molecule has 0 heterocycles. The maximum atomic E-state index is 10.7. The van der Waals surface area contributed by atoms with Gasteiger partial charge in [0.25, 0.3) is 0 Å². The first-order chi connectivity index (χ1) is 5.37. The molecule has 3 rings (SSSR count). The van der Waals surface area contributed by atoms with Crippen LogP contribution in [0.2, 0.25) is 0 Å². The third-order valence-electron chi connectivity index (χ3n) is 3.94. The molecule has 3 atom stereocenters. The van der Waals surface area contributed by atoms with Crippen LogP contribution in [0.25, 0.3) is 0 Å². The van der Waals surface area contributed by atoms with Gasteiger partial charge in [-0.2, -0.15) is 0 Å². The van der Waals surface area contributed by atoms with Crippen LogP contribution in [0.3, 0.4) is 0 Å². The molecule has 3 aliphatic rings. The minimum Gasteiger partial charge on any atom is -0.303 e. The Morgan fingerprint density at radius 3 is 2.64 bits per heavy atom. The zero-order valence-electron chi connectivity index (χ0n) is 6.49. The standard InChI is InChI=1S/C10H12O/c11-6-7-5-8-1-2-9(7)10(8)3-4-10/h1-2,6-9H,3-5H2/t7-,8-,9-/m1/s1. The number of hydrogen-bond acceptors (Lipinski definition) is 1. The smallest absolute Gasteiger partial charge is 0.123 e. The summed E-state index contributed by atoms with van der Waals surface area (Å²) in [5.41, 5.74) is 0.603. The van der Waals surface area contributed by atoms with Crippen LogP contribution < -0.4 is 0 Å². The molecular weight excluding hydrogens is 136 g/mol. The Morgan fingerprint density at radius 2 is 2.18 bits per heavy atom. The zero-order chi connectivity index (χ0) is 7.47. The van der Waals surface area contributed by atoms with Crippen LogP contribution in [0.5, 0.6) is 0 Å². The number of rotatable bonds is 1. The molecular formula is C10H12O. The summed E-state index contributed by atoms with van der Waals surface area (Å²) in [6, 6.07) is 0. The summed E-state index contributed by atoms with van der Waals surface area (Å²) in [4.78, 5) is 10.7. The number of allylic oxidation sites excluding steroid dienone is 2. The predicted octanol–water partition coefficient (Wildman–Crippen LogP) is 1.79. The molecule has 1 nitrogen and oxygen atoms in total. The molecule has 3 aliphatic carbocycles. The summed E-state index contributed by atoms with van der Waals surface area (Å²) in [6.07, 6.45) is 9.70. The van der Waals surface area contributed by atoms with Crippen LogP contribution in [0, 0.1) is 23.2 Å². The Kier molecular flexibility index (Phi) is 0.869. The van der Waals surface area contributed by atoms with Gasteiger partial charge in [0, 0.05) is 5.92 Å². The van der Waals surface area contributed by atoms with Crippen molar-refractivity contribution in [3.8, 4) is 0 Å². The quantitative estimate of drug-likeness (QED) is 0.409. The SMILES string of the molecule is O=C[C@H]1C[C@H]2C=C[C@H]1C21CC1. The van der Waals surface area contributed by atoms with E-state index in [1.54, 1.807) is 0 Å². The lowest BCUT2D eigenvalue weighted by Crippen LogP contribution is -2.12. The van der Waals surface area contributed by atoms with E-state index in [4.69, 9.17) is 0 Å². The van der Waals surface area contributed by atoms with Gasteiger partial charge in [-0.25, -0.2) is 0 Å². The molecule has 11 heavy (non-hydrogen) atoms. The molecule has 0 aromatic rings. The number of hydrogen-bond donors (Lipinski definition) is 0. The highest BCUT2D eigenvalue weighted by Gasteiger charge is 2.62. The molecule has 1 heteroatoms. The summed E-state index contributed by atoms with van der Waals surface area (Å²) in [5.74, 6) is 1.76. The van der Waals surface area contributed by atoms with Gasteiger partial charge in [-0.1, -0.05) is 12.2 Å². The third-order valence-corrected chi connectivity index (χ3v) is 3.94. The van der Waals surface area contributed by atoms with Gasteiger partial charge in [0.2, 0.25) is 0 Å². The summed E-state index contributed by atoms with van der Waals surface area (Å²) in [5, 5.41) is 0. The van der Waals surface area contributed by atoms with E-state index >= 15 is 0 Å². The van der Waals surface area contributed by atoms with E-state index in [2.05, 4.69) is 12.2 Å². The highest BCUT2D eigenvalue weighted by molar-refractivity contribution is 5.58. The molecule has 2 saturated carbocycles. The van der Waals surface area contributed by atoms with Gasteiger partial charge in [-0.15, -0.1) is 0 Å². The molecule has 0 unspecified atom stereocenters. The van der Waals surface area contributed by atoms with E-state index in [0.717, 1.165) is 12.3 Å². The first-order valence-corrected chi connectivity index (χ1v) is 4.50. The first-order valence-electron chi connectivity index (χ1n) is 4.50. The maximum absolute atomic E-state index is 10.7. The lowest BCUT2D eigenvalue weighted by atomic mass is 9.90. The minimum atomic E-state index is 0.368. The highest BCUT2D eigenvalue weighted by Crippen LogP contribution is 2.69. The van der Waals surface area contributed by atoms with Crippen LogP contribution in [0.4, 0.5) is 0 Å². The molecule has 0 aliphatic heterocycles. The second-order valence-electron chi connectivity index (χ2n) is 4.29. The van der Waals surface area contributed by atoms with Gasteiger partial charge in [0.05, 0.1) is 0 Å². The maximum Gasteiger partial charge on any atom is 0.123 e. The average molecular weight is 148 g/mol. The molecule has 0 aromatic carbocycles. The van der Waals surface area contributed by atoms with Crippen molar-refractivity contribution in [2.75, 3.05) is 0 Å². The van der Waals surface area contributed by atoms with Crippen LogP contribution in [-0.2, 0) is 4.79 Å². The fourth-order valence-corrected chi connectivity index (χ4v) is 3.20. The van der Waals surface area contributed by atoms with Gasteiger partial charge in [0.15, 0.2) is 0 Å². The molecule has 0 aromatic heterocycles. The van der Waals surface area contributed by atoms with Crippen LogP contribution in [0.1, 0.15) is 19.3 Å². The van der Waals surface area contributed by atoms with Crippen molar-refractivity contribution < 1.29 is 4.79 Å². The zero-order valence-corrected chi connectivity index (χ0v) is 6.49. The highest BCUT2D eigenvalue weighted by atomic mass is 16.1. The van der Waals surface area contributed by atoms with Crippen molar-refractivity contribution >= 4 is 6.29 Å². The van der Waals surface area contributed by atoms with Gasteiger partial charge < -0.3 is 4.79 Å². The van der Waals surface area contributed by atoms with E-state index in [0.29, 0.717) is 17.3 Å². The summed E-state index contributed by atoms with van der Waals surface area (Å²) < 4.78 is 0. The van der Waals surface area contributed by atoms with E-state index in [1.165, 1.54) is 19.1 Å². The number of carbonyl (C=O) groups excluding carboxylic acids is 1. The van der Waals surface area contributed by atoms with E-state index in [1.807, 2.05) is 0 Å². The second kappa shape index (κ2) is 1.60. The Hall–Kier alpha value is -0.590. The Labute approximate surface area is 66.5 Å². The lowest BCUT2D eigenvalue weighted by Gasteiger charge is -2.13. The molecule has 0 amide bonds. The predicted molar refractivity (Wildman–Crippen MR) is 42.0 cm³/mol. The van der Waals surface area contributed by atoms with Crippen molar-refractivity contribution in [2.45, 2.75) is 19.3 Å². The van der Waals surface area contributed by atoms with E-state index in [9.17, 15) is 4.79 Å². The average Bonchev–Trinajstić information content (AvgIpc) is 2.69. The van der Waals surface area contributed by atoms with Crippen molar-refractivity contribution in [2.24, 2.45) is 23.2 Å². The Balaban J connectivity index is 2.01. The molecule has 58 valence electrons. The monoisotopic (exact) mass is 148 g/mol. The Bertz CT molecular complexity index is 237. The van der Waals surface area contributed by atoms with Crippen molar-refractivity contribution in [3.63, 3.8) is 0 Å². The molecule has 0 N–H and O–H groups in total. The lowest BCUT2D eigenvalue weighted by molar-refractivity contribution is -0.111. The van der Waals surface area contributed by atoms with Gasteiger partial charge in [-0.3, -0.25) is 0 Å². The van der Waals surface area contributed by atoms with E-state index < -0.39 is 0 Å². The normalized spacial score (nSPS) is 48.5. The second-order valence-corrected chi connectivity index (χ2v) is 4.29. The topological polar surface area (TPSA) is 17.1 Å². The van der Waals surface area contributed by atoms with Crippen LogP contribution in [0.15, 0.2) is 12.2 Å². The van der Waals surface area contributed by atoms with E-state index in [-0.39, 0.29) is 0 Å². The largest absolute Gasteiger partial charge is 0.303 e. The molecule has 1 spiro atoms. The summed E-state index contributed by atoms with van der Waals surface area (Å²) >= 11 is 0. The van der Waals surface area contributed by atoms with Crippen molar-refractivity contribution in [1.29, 1.82) is 0 Å². The molecule has 0 saturated heterocycles. The van der Waals surface area contributed by atoms with Crippen LogP contribution in [-0.4, -0.2) is 6.29 Å². The van der Waals surface area contributed by atoms with Crippen molar-refractivity contribution in [1.82, 2.24) is 0 Å². The third kappa shape index (κ3) is 0.524. The van der Waals surface area contributed by atoms with Crippen LogP contribution >= 0.6 is 0 Å². The number of aldehydes is 1. The Morgan fingerprint density at radius 1 is 1.36 bits per heavy atom. The van der Waals surface area contributed by atoms with Gasteiger partial charge in [-0.05, 0) is 36.5 Å². The fourth-order valence-electron chi connectivity index (χ4n) is 3.20. The fraction of sp³-hybridized carbons (Fsp3) is 0.700. The molecule has 2 fully saturated rings. The summed E-state index contributed by atoms with van der Waals surface area (Å²) in [6.45, 7) is 0. The minimum absolute atomic E-state index is 0.368. The number of carbonyl (C=O) groups is 1. The van der Waals surface area contributed by atoms with Gasteiger partial charge in [0.1, 0.15) is 6.29 Å². The van der Waals surface area contributed by atoms with Crippen molar-refractivity contribution in [3.05, 3.63) is 12.2 Å². The van der Waals surface area contributed by atoms with Gasteiger partial charge >= 0.3 is 0 Å². The molecule has 2 bridgehead atoms. The summed E-state index contributed by atoms with van der Waals surface area (Å²) in [7, 11) is 0. The molecule has 0 radical (unpaired) electrons. The first kappa shape index (κ1) is 5.99.